The van der Waals surface area contributed by atoms with Crippen molar-refractivity contribution in [2.45, 2.75) is 33.6 Å². The first-order valence-electron chi connectivity index (χ1n) is 4.95. The van der Waals surface area contributed by atoms with Gasteiger partial charge in [0, 0.05) is 0 Å². The van der Waals surface area contributed by atoms with E-state index < -0.39 is 0 Å². The largest absolute Gasteiger partial charge is 0.330 e. The summed E-state index contributed by atoms with van der Waals surface area (Å²) in [5.74, 6) is -0.000324. The third kappa shape index (κ3) is 1.80. The molecule has 0 aromatic heterocycles. The number of hydrogen-bond acceptors (Lipinski definition) is 1. The lowest BCUT2D eigenvalue weighted by molar-refractivity contribution is 0.579. The van der Waals surface area contributed by atoms with Crippen LogP contribution in [0.5, 0.6) is 0 Å². The molecule has 1 aromatic carbocycles. The first-order chi connectivity index (χ1) is 6.49. The van der Waals surface area contributed by atoms with Gasteiger partial charge in [0.25, 0.3) is 0 Å². The summed E-state index contributed by atoms with van der Waals surface area (Å²) in [7, 11) is 0. The minimum absolute atomic E-state index is 0.0913. The molecule has 0 spiro atoms. The van der Waals surface area contributed by atoms with Gasteiger partial charge in [0.15, 0.2) is 0 Å². The molecule has 1 atom stereocenters. The molecule has 0 aliphatic heterocycles. The van der Waals surface area contributed by atoms with E-state index in [0.29, 0.717) is 12.1 Å². The molecule has 0 heterocycles. The summed E-state index contributed by atoms with van der Waals surface area (Å²) in [5, 5.41) is 0. The standard InChI is InChI=1S/C12H18FN/c1-7-5-8(2)12(13)11(10(7)4)9(3)6-14/h5,9H,6,14H2,1-4H3. The molecule has 0 saturated carbocycles. The zero-order chi connectivity index (χ0) is 10.9. The molecular weight excluding hydrogens is 177 g/mol. The van der Waals surface area contributed by atoms with Crippen LogP contribution >= 0.6 is 0 Å². The van der Waals surface area contributed by atoms with Crippen molar-refractivity contribution >= 4 is 0 Å². The second-order valence-electron chi connectivity index (χ2n) is 4.00. The highest BCUT2D eigenvalue weighted by molar-refractivity contribution is 5.40. The topological polar surface area (TPSA) is 26.0 Å². The zero-order valence-electron chi connectivity index (χ0n) is 9.32. The normalized spacial score (nSPS) is 13.0. The lowest BCUT2D eigenvalue weighted by atomic mass is 9.91. The molecule has 78 valence electrons. The molecule has 1 aromatic rings. The van der Waals surface area contributed by atoms with Gasteiger partial charge >= 0.3 is 0 Å². The summed E-state index contributed by atoms with van der Waals surface area (Å²) in [6, 6.07) is 1.89. The van der Waals surface area contributed by atoms with Crippen molar-refractivity contribution in [1.29, 1.82) is 0 Å². The van der Waals surface area contributed by atoms with Crippen molar-refractivity contribution in [3.8, 4) is 0 Å². The Balaban J connectivity index is 3.39. The van der Waals surface area contributed by atoms with Crippen molar-refractivity contribution in [2.75, 3.05) is 6.54 Å². The molecule has 1 nitrogen and oxygen atoms in total. The Kier molecular flexibility index (Phi) is 3.27. The SMILES string of the molecule is Cc1cc(C)c(F)c(C(C)CN)c1C. The Morgan fingerprint density at radius 3 is 2.36 bits per heavy atom. The van der Waals surface area contributed by atoms with Crippen LogP contribution in [-0.4, -0.2) is 6.54 Å². The summed E-state index contributed by atoms with van der Waals surface area (Å²) >= 11 is 0. The molecule has 0 aliphatic carbocycles. The molecule has 0 fully saturated rings. The van der Waals surface area contributed by atoms with Crippen molar-refractivity contribution < 1.29 is 4.39 Å². The number of halogens is 1. The maximum atomic E-state index is 13.8. The number of nitrogens with two attached hydrogens (primary N) is 1. The van der Waals surface area contributed by atoms with Gasteiger partial charge in [0.2, 0.25) is 0 Å². The molecule has 14 heavy (non-hydrogen) atoms. The molecule has 0 radical (unpaired) electrons. The van der Waals surface area contributed by atoms with Gasteiger partial charge in [-0.1, -0.05) is 13.0 Å². The van der Waals surface area contributed by atoms with E-state index in [1.165, 1.54) is 0 Å². The van der Waals surface area contributed by atoms with Gasteiger partial charge in [-0.3, -0.25) is 0 Å². The summed E-state index contributed by atoms with van der Waals surface area (Å²) in [5.41, 5.74) is 9.24. The van der Waals surface area contributed by atoms with Crippen LogP contribution in [0.25, 0.3) is 0 Å². The lowest BCUT2D eigenvalue weighted by Gasteiger charge is -2.17. The number of rotatable bonds is 2. The minimum Gasteiger partial charge on any atom is -0.330 e. The quantitative estimate of drug-likeness (QED) is 0.771. The summed E-state index contributed by atoms with van der Waals surface area (Å²) in [6.07, 6.45) is 0. The van der Waals surface area contributed by atoms with E-state index in [4.69, 9.17) is 5.73 Å². The molecule has 1 unspecified atom stereocenters. The zero-order valence-corrected chi connectivity index (χ0v) is 9.32. The van der Waals surface area contributed by atoms with Gasteiger partial charge in [0.1, 0.15) is 5.82 Å². The van der Waals surface area contributed by atoms with Crippen LogP contribution in [0.3, 0.4) is 0 Å². The number of benzene rings is 1. The average molecular weight is 195 g/mol. The van der Waals surface area contributed by atoms with Crippen molar-refractivity contribution in [3.05, 3.63) is 34.1 Å². The highest BCUT2D eigenvalue weighted by atomic mass is 19.1. The Bertz CT molecular complexity index is 318. The van der Waals surface area contributed by atoms with E-state index in [0.717, 1.165) is 16.7 Å². The highest BCUT2D eigenvalue weighted by Crippen LogP contribution is 2.26. The van der Waals surface area contributed by atoms with Crippen molar-refractivity contribution in [2.24, 2.45) is 5.73 Å². The van der Waals surface area contributed by atoms with Crippen LogP contribution in [-0.2, 0) is 0 Å². The fourth-order valence-corrected chi connectivity index (χ4v) is 1.79. The second kappa shape index (κ2) is 4.09. The lowest BCUT2D eigenvalue weighted by Crippen LogP contribution is -2.13. The van der Waals surface area contributed by atoms with Crippen LogP contribution in [0.1, 0.15) is 35.1 Å². The number of aryl methyl sites for hydroxylation is 2. The maximum Gasteiger partial charge on any atom is 0.129 e. The van der Waals surface area contributed by atoms with E-state index >= 15 is 0 Å². The second-order valence-corrected chi connectivity index (χ2v) is 4.00. The summed E-state index contributed by atoms with van der Waals surface area (Å²) < 4.78 is 13.8. The van der Waals surface area contributed by atoms with Gasteiger partial charge in [-0.2, -0.15) is 0 Å². The predicted octanol–water partition coefficient (Wildman–Crippen LogP) is 2.81. The Hall–Kier alpha value is -0.890. The van der Waals surface area contributed by atoms with Crippen LogP contribution in [0.4, 0.5) is 4.39 Å². The number of hydrogen-bond donors (Lipinski definition) is 1. The van der Waals surface area contributed by atoms with E-state index in [2.05, 4.69) is 0 Å². The van der Waals surface area contributed by atoms with E-state index in [1.807, 2.05) is 26.8 Å². The smallest absolute Gasteiger partial charge is 0.129 e. The third-order valence-electron chi connectivity index (χ3n) is 2.86. The predicted molar refractivity (Wildman–Crippen MR) is 58.1 cm³/mol. The van der Waals surface area contributed by atoms with E-state index in [-0.39, 0.29) is 11.7 Å². The summed E-state index contributed by atoms with van der Waals surface area (Å²) in [6.45, 7) is 8.22. The molecule has 0 saturated heterocycles. The minimum atomic E-state index is -0.0916. The average Bonchev–Trinajstić information content (AvgIpc) is 2.15. The van der Waals surface area contributed by atoms with Crippen LogP contribution in [0, 0.1) is 26.6 Å². The molecule has 0 bridgehead atoms. The van der Waals surface area contributed by atoms with E-state index in [9.17, 15) is 4.39 Å². The van der Waals surface area contributed by atoms with Crippen LogP contribution in [0.15, 0.2) is 6.07 Å². The molecule has 0 amide bonds. The monoisotopic (exact) mass is 195 g/mol. The van der Waals surface area contributed by atoms with Gasteiger partial charge in [-0.15, -0.1) is 0 Å². The molecule has 1 rings (SSSR count). The highest BCUT2D eigenvalue weighted by Gasteiger charge is 2.15. The Morgan fingerprint density at radius 1 is 1.29 bits per heavy atom. The fraction of sp³-hybridized carbons (Fsp3) is 0.500. The first-order valence-corrected chi connectivity index (χ1v) is 4.95. The molecule has 2 heteroatoms. The van der Waals surface area contributed by atoms with Gasteiger partial charge < -0.3 is 5.73 Å². The molecule has 0 aliphatic rings. The van der Waals surface area contributed by atoms with Crippen molar-refractivity contribution in [1.82, 2.24) is 0 Å². The van der Waals surface area contributed by atoms with Gasteiger partial charge in [0.05, 0.1) is 0 Å². The third-order valence-corrected chi connectivity index (χ3v) is 2.86. The van der Waals surface area contributed by atoms with Gasteiger partial charge in [-0.05, 0) is 55.5 Å². The van der Waals surface area contributed by atoms with Crippen LogP contribution < -0.4 is 5.73 Å². The summed E-state index contributed by atoms with van der Waals surface area (Å²) in [4.78, 5) is 0. The first kappa shape index (κ1) is 11.2. The molecule has 2 N–H and O–H groups in total. The Labute approximate surface area is 85.1 Å². The van der Waals surface area contributed by atoms with E-state index in [1.54, 1.807) is 6.92 Å². The maximum absolute atomic E-state index is 13.8. The van der Waals surface area contributed by atoms with Gasteiger partial charge in [-0.25, -0.2) is 4.39 Å². The molecular formula is C12H18FN. The van der Waals surface area contributed by atoms with Crippen molar-refractivity contribution in [3.63, 3.8) is 0 Å². The Morgan fingerprint density at radius 2 is 1.86 bits per heavy atom. The fourth-order valence-electron chi connectivity index (χ4n) is 1.79. The van der Waals surface area contributed by atoms with Crippen LogP contribution in [0.2, 0.25) is 0 Å².